The van der Waals surface area contributed by atoms with E-state index >= 15 is 0 Å². The quantitative estimate of drug-likeness (QED) is 0.836. The van der Waals surface area contributed by atoms with Gasteiger partial charge in [0, 0.05) is 16.7 Å². The molecular weight excluding hydrogens is 230 g/mol. The van der Waals surface area contributed by atoms with Crippen molar-refractivity contribution in [2.75, 3.05) is 6.26 Å². The molecule has 2 heterocycles. The van der Waals surface area contributed by atoms with Crippen LogP contribution in [0.4, 0.5) is 0 Å². The summed E-state index contributed by atoms with van der Waals surface area (Å²) in [5.41, 5.74) is 3.49. The molecule has 86 valence electrons. The largest absolute Gasteiger partial charge is 0.286 e. The van der Waals surface area contributed by atoms with Crippen molar-refractivity contribution in [3.05, 3.63) is 47.2 Å². The highest BCUT2D eigenvalue weighted by Gasteiger charge is 2.16. The number of nitrogens with zero attached hydrogens (tertiary/aromatic N) is 2. The summed E-state index contributed by atoms with van der Waals surface area (Å²) in [6.45, 7) is 0. The molecule has 2 aromatic heterocycles. The van der Waals surface area contributed by atoms with Gasteiger partial charge >= 0.3 is 0 Å². The second-order valence-corrected chi connectivity index (χ2v) is 4.88. The SMILES string of the molecule is CSC1=CCCc2c1nc1ccccn1c2=N. The van der Waals surface area contributed by atoms with Crippen LogP contribution in [0.15, 0.2) is 30.5 Å². The number of allylic oxidation sites excluding steroid dienone is 1. The molecule has 0 fully saturated rings. The number of hydrogen-bond donors (Lipinski definition) is 1. The van der Waals surface area contributed by atoms with Gasteiger partial charge in [0.1, 0.15) is 11.1 Å². The maximum atomic E-state index is 8.27. The monoisotopic (exact) mass is 243 g/mol. The van der Waals surface area contributed by atoms with E-state index in [0.29, 0.717) is 5.49 Å². The summed E-state index contributed by atoms with van der Waals surface area (Å²) in [5.74, 6) is 0. The van der Waals surface area contributed by atoms with E-state index < -0.39 is 0 Å². The summed E-state index contributed by atoms with van der Waals surface area (Å²) < 4.78 is 1.85. The van der Waals surface area contributed by atoms with Crippen LogP contribution in [0.3, 0.4) is 0 Å². The Morgan fingerprint density at radius 2 is 2.29 bits per heavy atom. The van der Waals surface area contributed by atoms with Gasteiger partial charge in [-0.15, -0.1) is 11.8 Å². The second-order valence-electron chi connectivity index (χ2n) is 4.03. The lowest BCUT2D eigenvalue weighted by atomic mass is 10.0. The average molecular weight is 243 g/mol. The van der Waals surface area contributed by atoms with E-state index in [9.17, 15) is 0 Å². The fraction of sp³-hybridized carbons (Fsp3) is 0.231. The Morgan fingerprint density at radius 3 is 3.12 bits per heavy atom. The molecule has 0 spiro atoms. The topological polar surface area (TPSA) is 41.2 Å². The molecule has 3 rings (SSSR count). The summed E-state index contributed by atoms with van der Waals surface area (Å²) in [6.07, 6.45) is 8.12. The molecule has 0 atom stereocenters. The van der Waals surface area contributed by atoms with Gasteiger partial charge in [-0.05, 0) is 31.2 Å². The van der Waals surface area contributed by atoms with Crippen molar-refractivity contribution in [3.8, 4) is 0 Å². The Labute approximate surface area is 104 Å². The zero-order chi connectivity index (χ0) is 11.8. The van der Waals surface area contributed by atoms with Crippen LogP contribution in [0.5, 0.6) is 0 Å². The molecule has 0 radical (unpaired) electrons. The fourth-order valence-corrected chi connectivity index (χ4v) is 2.87. The van der Waals surface area contributed by atoms with Crippen molar-refractivity contribution in [2.24, 2.45) is 0 Å². The van der Waals surface area contributed by atoms with Crippen LogP contribution in [0.2, 0.25) is 0 Å². The van der Waals surface area contributed by atoms with Crippen molar-refractivity contribution in [2.45, 2.75) is 12.8 Å². The zero-order valence-electron chi connectivity index (χ0n) is 9.60. The Morgan fingerprint density at radius 1 is 1.41 bits per heavy atom. The first-order valence-electron chi connectivity index (χ1n) is 5.60. The molecule has 0 saturated carbocycles. The molecule has 2 aromatic rings. The maximum absolute atomic E-state index is 8.27. The van der Waals surface area contributed by atoms with Crippen LogP contribution >= 0.6 is 11.8 Å². The lowest BCUT2D eigenvalue weighted by molar-refractivity contribution is 0.861. The number of pyridine rings is 1. The Bertz CT molecular complexity index is 670. The summed E-state index contributed by atoms with van der Waals surface area (Å²) in [6, 6.07) is 5.84. The molecule has 3 nitrogen and oxygen atoms in total. The van der Waals surface area contributed by atoms with Gasteiger partial charge in [-0.1, -0.05) is 12.1 Å². The van der Waals surface area contributed by atoms with Gasteiger partial charge in [-0.25, -0.2) is 4.98 Å². The Balaban J connectivity index is 2.40. The standard InChI is InChI=1S/C13H13N3S/c1-17-10-6-4-5-9-12(10)15-11-7-2-3-8-16(11)13(9)14/h2-3,6-8,14H,4-5H2,1H3. The van der Waals surface area contributed by atoms with E-state index in [4.69, 9.17) is 5.41 Å². The predicted octanol–water partition coefficient (Wildman–Crippen LogP) is 2.46. The van der Waals surface area contributed by atoms with Gasteiger partial charge in [0.25, 0.3) is 0 Å². The van der Waals surface area contributed by atoms with E-state index in [2.05, 4.69) is 17.3 Å². The van der Waals surface area contributed by atoms with Crippen molar-refractivity contribution < 1.29 is 0 Å². The summed E-state index contributed by atoms with van der Waals surface area (Å²) in [4.78, 5) is 5.88. The highest BCUT2D eigenvalue weighted by molar-refractivity contribution is 8.07. The molecular formula is C13H13N3S. The lowest BCUT2D eigenvalue weighted by Gasteiger charge is -2.16. The van der Waals surface area contributed by atoms with E-state index in [0.717, 1.165) is 29.7 Å². The van der Waals surface area contributed by atoms with Gasteiger partial charge < -0.3 is 0 Å². The van der Waals surface area contributed by atoms with Crippen LogP contribution in [0.25, 0.3) is 10.6 Å². The normalized spacial score (nSPS) is 14.5. The van der Waals surface area contributed by atoms with E-state index in [1.165, 1.54) is 4.91 Å². The van der Waals surface area contributed by atoms with Crippen molar-refractivity contribution in [3.63, 3.8) is 0 Å². The molecule has 0 aliphatic heterocycles. The highest BCUT2D eigenvalue weighted by atomic mass is 32.2. The summed E-state index contributed by atoms with van der Waals surface area (Å²) in [5, 5.41) is 8.27. The molecule has 4 heteroatoms. The van der Waals surface area contributed by atoms with Crippen molar-refractivity contribution >= 4 is 22.3 Å². The minimum atomic E-state index is 0.574. The van der Waals surface area contributed by atoms with E-state index in [-0.39, 0.29) is 0 Å². The van der Waals surface area contributed by atoms with E-state index in [1.807, 2.05) is 28.8 Å². The third kappa shape index (κ3) is 1.60. The number of rotatable bonds is 1. The summed E-state index contributed by atoms with van der Waals surface area (Å²) in [7, 11) is 0. The molecule has 1 N–H and O–H groups in total. The second kappa shape index (κ2) is 4.04. The van der Waals surface area contributed by atoms with Crippen molar-refractivity contribution in [1.82, 2.24) is 9.38 Å². The first-order chi connectivity index (χ1) is 8.31. The third-order valence-corrected chi connectivity index (χ3v) is 3.85. The minimum absolute atomic E-state index is 0.574. The zero-order valence-corrected chi connectivity index (χ0v) is 10.4. The molecule has 1 aliphatic rings. The van der Waals surface area contributed by atoms with E-state index in [1.54, 1.807) is 11.8 Å². The van der Waals surface area contributed by atoms with Crippen LogP contribution < -0.4 is 5.49 Å². The Hall–Kier alpha value is -1.55. The molecule has 17 heavy (non-hydrogen) atoms. The number of fused-ring (bicyclic) bond motifs is 2. The molecule has 0 aromatic carbocycles. The van der Waals surface area contributed by atoms with Crippen LogP contribution in [0, 0.1) is 5.41 Å². The number of aromatic nitrogens is 2. The fourth-order valence-electron chi connectivity index (χ4n) is 2.22. The number of hydrogen-bond acceptors (Lipinski definition) is 3. The van der Waals surface area contributed by atoms with Gasteiger partial charge in [0.05, 0.1) is 5.69 Å². The van der Waals surface area contributed by atoms with Gasteiger partial charge in [0.15, 0.2) is 0 Å². The lowest BCUT2D eigenvalue weighted by Crippen LogP contribution is -2.23. The molecule has 0 bridgehead atoms. The third-order valence-electron chi connectivity index (χ3n) is 3.05. The first-order valence-corrected chi connectivity index (χ1v) is 6.83. The van der Waals surface area contributed by atoms with Gasteiger partial charge in [-0.2, -0.15) is 0 Å². The molecule has 0 saturated heterocycles. The van der Waals surface area contributed by atoms with Crippen molar-refractivity contribution in [1.29, 1.82) is 5.41 Å². The number of thioether (sulfide) groups is 1. The first kappa shape index (κ1) is 10.6. The van der Waals surface area contributed by atoms with Crippen LogP contribution in [0.1, 0.15) is 17.7 Å². The van der Waals surface area contributed by atoms with Gasteiger partial charge in [-0.3, -0.25) is 9.81 Å². The predicted molar refractivity (Wildman–Crippen MR) is 70.9 cm³/mol. The minimum Gasteiger partial charge on any atom is -0.286 e. The summed E-state index contributed by atoms with van der Waals surface area (Å²) >= 11 is 1.71. The highest BCUT2D eigenvalue weighted by Crippen LogP contribution is 2.30. The van der Waals surface area contributed by atoms with Crippen LogP contribution in [-0.4, -0.2) is 15.6 Å². The Kier molecular flexibility index (Phi) is 2.52. The smallest absolute Gasteiger partial charge is 0.138 e. The maximum Gasteiger partial charge on any atom is 0.138 e. The number of nitrogens with one attached hydrogen (secondary N) is 1. The average Bonchev–Trinajstić information content (AvgIpc) is 2.38. The van der Waals surface area contributed by atoms with Gasteiger partial charge in [0.2, 0.25) is 0 Å². The van der Waals surface area contributed by atoms with Crippen LogP contribution in [-0.2, 0) is 6.42 Å². The molecule has 1 aliphatic carbocycles. The molecule has 0 unspecified atom stereocenters. The molecule has 0 amide bonds.